The van der Waals surface area contributed by atoms with Crippen LogP contribution in [0.4, 0.5) is 0 Å². The molecule has 152 valence electrons. The molecule has 0 bridgehead atoms. The van der Waals surface area contributed by atoms with E-state index in [-0.39, 0.29) is 24.9 Å². The Morgan fingerprint density at radius 1 is 0.931 bits per heavy atom. The van der Waals surface area contributed by atoms with E-state index in [2.05, 4.69) is 0 Å². The normalized spacial score (nSPS) is 25.2. The average molecular weight is 394 g/mol. The molecule has 2 heterocycles. The van der Waals surface area contributed by atoms with Crippen molar-refractivity contribution in [3.05, 3.63) is 59.7 Å². The molecule has 3 aliphatic rings. The molecule has 5 rings (SSSR count). The molecule has 2 aromatic rings. The van der Waals surface area contributed by atoms with Crippen LogP contribution in [0.25, 0.3) is 0 Å². The summed E-state index contributed by atoms with van der Waals surface area (Å²) < 4.78 is 17.4. The summed E-state index contributed by atoms with van der Waals surface area (Å²) in [5, 5.41) is 0. The monoisotopic (exact) mass is 394 g/mol. The molecule has 29 heavy (non-hydrogen) atoms. The van der Waals surface area contributed by atoms with Gasteiger partial charge in [-0.15, -0.1) is 0 Å². The van der Waals surface area contributed by atoms with Crippen LogP contribution in [0.15, 0.2) is 48.5 Å². The van der Waals surface area contributed by atoms with Crippen LogP contribution in [0.5, 0.6) is 11.5 Å². The van der Waals surface area contributed by atoms with Crippen LogP contribution in [0, 0.1) is 0 Å². The van der Waals surface area contributed by atoms with Crippen molar-refractivity contribution in [1.29, 1.82) is 0 Å². The summed E-state index contributed by atoms with van der Waals surface area (Å²) in [5.74, 6) is 1.51. The molecule has 0 unspecified atom stereocenters. The lowest BCUT2D eigenvalue weighted by atomic mass is 9.95. The van der Waals surface area contributed by atoms with E-state index in [0.717, 1.165) is 48.3 Å². The van der Waals surface area contributed by atoms with Crippen molar-refractivity contribution >= 4 is 5.91 Å². The van der Waals surface area contributed by atoms with Crippen LogP contribution >= 0.6 is 0 Å². The quantitative estimate of drug-likeness (QED) is 0.864. The van der Waals surface area contributed by atoms with E-state index in [1.807, 2.05) is 53.4 Å². The number of amides is 1. The maximum Gasteiger partial charge on any atom is 0.242 e. The number of carbonyl (C=O) groups excluding carboxylic acids is 1. The van der Waals surface area contributed by atoms with Crippen LogP contribution in [0.2, 0.25) is 0 Å². The number of carbonyl (C=O) groups is 1. The second kappa shape index (κ2) is 7.35. The molecule has 1 aliphatic carbocycles. The summed E-state index contributed by atoms with van der Waals surface area (Å²) in [4.78, 5) is 15.3. The number of benzene rings is 2. The molecule has 0 radical (unpaired) electrons. The Kier molecular flexibility index (Phi) is 4.68. The van der Waals surface area contributed by atoms with E-state index in [1.165, 1.54) is 0 Å². The molecule has 1 amide bonds. The van der Waals surface area contributed by atoms with Crippen molar-refractivity contribution < 1.29 is 19.0 Å². The fraction of sp³-hybridized carbons (Fsp3) is 0.435. The molecule has 2 aliphatic heterocycles. The molecule has 1 saturated heterocycles. The minimum atomic E-state index is -0.738. The molecule has 0 spiro atoms. The van der Waals surface area contributed by atoms with Gasteiger partial charge in [-0.25, -0.2) is 0 Å². The molecule has 2 aromatic carbocycles. The zero-order valence-electron chi connectivity index (χ0n) is 16.4. The fourth-order valence-corrected chi connectivity index (χ4v) is 4.61. The number of hydrogen-bond donors (Lipinski definition) is 1. The third-order valence-corrected chi connectivity index (χ3v) is 6.25. The highest BCUT2D eigenvalue weighted by molar-refractivity contribution is 5.86. The Morgan fingerprint density at radius 3 is 2.38 bits per heavy atom. The second-order valence-corrected chi connectivity index (χ2v) is 8.21. The first kappa shape index (κ1) is 18.5. The van der Waals surface area contributed by atoms with Gasteiger partial charge in [-0.1, -0.05) is 49.2 Å². The largest absolute Gasteiger partial charge is 0.454 e. The Balaban J connectivity index is 1.45. The van der Waals surface area contributed by atoms with Crippen molar-refractivity contribution in [2.45, 2.75) is 43.4 Å². The molecule has 6 heteroatoms. The topological polar surface area (TPSA) is 74.0 Å². The van der Waals surface area contributed by atoms with Crippen LogP contribution in [-0.2, 0) is 9.53 Å². The molecular weight excluding hydrogens is 368 g/mol. The van der Waals surface area contributed by atoms with Crippen LogP contribution in [0.3, 0.4) is 0 Å². The minimum absolute atomic E-state index is 0.0463. The molecule has 2 N–H and O–H groups in total. The molecule has 0 aromatic heterocycles. The highest BCUT2D eigenvalue weighted by atomic mass is 16.7. The van der Waals surface area contributed by atoms with Gasteiger partial charge in [0.2, 0.25) is 12.7 Å². The average Bonchev–Trinajstić information content (AvgIpc) is 3.42. The van der Waals surface area contributed by atoms with Gasteiger partial charge in [-0.3, -0.25) is 4.79 Å². The fourth-order valence-electron chi connectivity index (χ4n) is 4.61. The van der Waals surface area contributed by atoms with E-state index < -0.39 is 5.54 Å². The van der Waals surface area contributed by atoms with Crippen molar-refractivity contribution in [3.8, 4) is 11.5 Å². The third-order valence-electron chi connectivity index (χ3n) is 6.25. The van der Waals surface area contributed by atoms with Gasteiger partial charge in [0.05, 0.1) is 18.6 Å². The summed E-state index contributed by atoms with van der Waals surface area (Å²) in [5.41, 5.74) is 7.81. The maximum absolute atomic E-state index is 13.4. The number of nitrogens with two attached hydrogens (primary N) is 1. The Labute approximate surface area is 170 Å². The number of rotatable bonds is 3. The number of nitrogens with zero attached hydrogens (tertiary/aromatic N) is 1. The lowest BCUT2D eigenvalue weighted by Gasteiger charge is -2.41. The first-order valence-corrected chi connectivity index (χ1v) is 10.3. The predicted octanol–water partition coefficient (Wildman–Crippen LogP) is 3.33. The van der Waals surface area contributed by atoms with Gasteiger partial charge in [0, 0.05) is 0 Å². The Morgan fingerprint density at radius 2 is 1.62 bits per heavy atom. The van der Waals surface area contributed by atoms with Crippen LogP contribution in [-0.4, -0.2) is 36.2 Å². The van der Waals surface area contributed by atoms with Crippen LogP contribution < -0.4 is 15.2 Å². The summed E-state index contributed by atoms with van der Waals surface area (Å²) in [6.07, 6.45) is 3.09. The van der Waals surface area contributed by atoms with E-state index in [1.54, 1.807) is 0 Å². The Hall–Kier alpha value is -2.57. The van der Waals surface area contributed by atoms with Crippen LogP contribution in [0.1, 0.15) is 49.0 Å². The lowest BCUT2D eigenvalue weighted by Crippen LogP contribution is -2.56. The SMILES string of the molecule is NC1(C(=O)N2C[C@@H](c3ccccc3)O[C@@H](c3ccc4c(c3)OCO4)C2)CCCC1. The number of morpholine rings is 1. The first-order chi connectivity index (χ1) is 14.1. The number of ether oxygens (including phenoxy) is 3. The number of fused-ring (bicyclic) bond motifs is 1. The molecule has 2 atom stereocenters. The van der Waals surface area contributed by atoms with Crippen molar-refractivity contribution in [3.63, 3.8) is 0 Å². The summed E-state index contributed by atoms with van der Waals surface area (Å²) in [6, 6.07) is 15.9. The van der Waals surface area contributed by atoms with Gasteiger partial charge in [0.1, 0.15) is 12.2 Å². The summed E-state index contributed by atoms with van der Waals surface area (Å²) >= 11 is 0. The van der Waals surface area contributed by atoms with E-state index in [0.29, 0.717) is 13.1 Å². The van der Waals surface area contributed by atoms with E-state index in [9.17, 15) is 4.79 Å². The maximum atomic E-state index is 13.4. The van der Waals surface area contributed by atoms with Crippen molar-refractivity contribution in [2.24, 2.45) is 5.73 Å². The smallest absolute Gasteiger partial charge is 0.242 e. The second-order valence-electron chi connectivity index (χ2n) is 8.21. The van der Waals surface area contributed by atoms with Gasteiger partial charge in [0.25, 0.3) is 0 Å². The highest BCUT2D eigenvalue weighted by Crippen LogP contribution is 2.40. The van der Waals surface area contributed by atoms with Gasteiger partial charge in [0.15, 0.2) is 11.5 Å². The zero-order chi connectivity index (χ0) is 19.8. The van der Waals surface area contributed by atoms with E-state index in [4.69, 9.17) is 19.9 Å². The number of hydrogen-bond acceptors (Lipinski definition) is 5. The standard InChI is InChI=1S/C23H26N2O4/c24-23(10-4-5-11-23)22(26)25-13-20(16-6-2-1-3-7-16)29-21(14-25)17-8-9-18-19(12-17)28-15-27-18/h1-3,6-9,12,20-21H,4-5,10-11,13-15,24H2/t20-,21+/m0/s1. The minimum Gasteiger partial charge on any atom is -0.454 e. The van der Waals surface area contributed by atoms with Crippen molar-refractivity contribution in [2.75, 3.05) is 19.9 Å². The Bertz CT molecular complexity index is 895. The van der Waals surface area contributed by atoms with Gasteiger partial charge < -0.3 is 24.8 Å². The van der Waals surface area contributed by atoms with Gasteiger partial charge >= 0.3 is 0 Å². The predicted molar refractivity (Wildman–Crippen MR) is 108 cm³/mol. The lowest BCUT2D eigenvalue weighted by molar-refractivity contribution is -0.152. The third kappa shape index (κ3) is 3.47. The highest BCUT2D eigenvalue weighted by Gasteiger charge is 2.43. The zero-order valence-corrected chi connectivity index (χ0v) is 16.4. The summed E-state index contributed by atoms with van der Waals surface area (Å²) in [7, 11) is 0. The molecule has 2 fully saturated rings. The first-order valence-electron chi connectivity index (χ1n) is 10.3. The van der Waals surface area contributed by atoms with Crippen molar-refractivity contribution in [1.82, 2.24) is 4.90 Å². The molecule has 6 nitrogen and oxygen atoms in total. The van der Waals surface area contributed by atoms with Gasteiger partial charge in [-0.2, -0.15) is 0 Å². The van der Waals surface area contributed by atoms with E-state index >= 15 is 0 Å². The van der Waals surface area contributed by atoms with Gasteiger partial charge in [-0.05, 0) is 36.1 Å². The molecular formula is C23H26N2O4. The summed E-state index contributed by atoms with van der Waals surface area (Å²) in [6.45, 7) is 1.24. The molecule has 1 saturated carbocycles.